The third-order valence-electron chi connectivity index (χ3n) is 5.23. The van der Waals surface area contributed by atoms with Crippen LogP contribution in [0, 0.1) is 19.7 Å². The number of rotatable bonds is 7. The van der Waals surface area contributed by atoms with Crippen LogP contribution in [-0.4, -0.2) is 35.3 Å². The molecule has 0 spiro atoms. The Balaban J connectivity index is 1.84. The molecule has 0 atom stereocenters. The van der Waals surface area contributed by atoms with Crippen molar-refractivity contribution in [3.63, 3.8) is 0 Å². The van der Waals surface area contributed by atoms with Gasteiger partial charge in [-0.2, -0.15) is 0 Å². The van der Waals surface area contributed by atoms with E-state index in [4.69, 9.17) is 0 Å². The van der Waals surface area contributed by atoms with Crippen molar-refractivity contribution in [1.82, 2.24) is 15.3 Å². The van der Waals surface area contributed by atoms with Gasteiger partial charge < -0.3 is 16.0 Å². The van der Waals surface area contributed by atoms with Crippen LogP contribution in [0.2, 0.25) is 0 Å². The Labute approximate surface area is 186 Å². The lowest BCUT2D eigenvalue weighted by atomic mass is 9.97. The predicted octanol–water partition coefficient (Wildman–Crippen LogP) is 5.74. The van der Waals surface area contributed by atoms with Gasteiger partial charge in [-0.25, -0.2) is 18.6 Å². The van der Waals surface area contributed by atoms with Crippen LogP contribution in [0.4, 0.5) is 25.1 Å². The molecule has 32 heavy (non-hydrogen) atoms. The molecule has 0 aliphatic carbocycles. The first-order chi connectivity index (χ1) is 15.1. The summed E-state index contributed by atoms with van der Waals surface area (Å²) in [5.41, 5.74) is 2.70. The fourth-order valence-electron chi connectivity index (χ4n) is 3.51. The third-order valence-corrected chi connectivity index (χ3v) is 5.23. The van der Waals surface area contributed by atoms with Crippen LogP contribution >= 0.6 is 0 Å². The van der Waals surface area contributed by atoms with Crippen molar-refractivity contribution in [2.45, 2.75) is 46.2 Å². The second-order valence-electron chi connectivity index (χ2n) is 8.48. The maximum atomic E-state index is 14.6. The molecule has 0 unspecified atom stereocenters. The number of hydrogen-bond donors (Lipinski definition) is 3. The average molecular weight is 442 g/mol. The number of nitrogens with zero attached hydrogens (tertiary/aromatic N) is 2. The quantitative estimate of drug-likeness (QED) is 0.408. The molecule has 3 N–H and O–H groups in total. The summed E-state index contributed by atoms with van der Waals surface area (Å²) in [6.45, 7) is 7.00. The number of anilines is 2. The Kier molecular flexibility index (Phi) is 6.91. The van der Waals surface area contributed by atoms with Crippen LogP contribution in [0.1, 0.15) is 37.9 Å². The number of carbonyl (C=O) groups excluding carboxylic acids is 1. The zero-order valence-electron chi connectivity index (χ0n) is 19.1. The van der Waals surface area contributed by atoms with Crippen molar-refractivity contribution < 1.29 is 13.6 Å². The molecule has 0 aliphatic rings. The summed E-state index contributed by atoms with van der Waals surface area (Å²) in [6, 6.07) is 6.30. The summed E-state index contributed by atoms with van der Waals surface area (Å²) in [6.07, 6.45) is 2.56. The standard InChI is InChI=1S/C24H29F2N5O/c1-14-9-19(25)21(31-23(32)28-8-6-7-24(3,4)26)11-17(14)18-10-16-13-29-22(27-5)12-20(16)30-15(18)2/h9-13H,6-8H2,1-5H3,(H,27,29)(H2,28,31,32). The molecule has 1 aromatic carbocycles. The van der Waals surface area contributed by atoms with Gasteiger partial charge in [-0.3, -0.25) is 4.98 Å². The molecule has 0 fully saturated rings. The summed E-state index contributed by atoms with van der Waals surface area (Å²) in [7, 11) is 1.80. The number of amides is 2. The molecule has 2 aromatic heterocycles. The first-order valence-corrected chi connectivity index (χ1v) is 10.6. The molecule has 0 saturated carbocycles. The minimum Gasteiger partial charge on any atom is -0.373 e. The van der Waals surface area contributed by atoms with E-state index in [9.17, 15) is 13.6 Å². The van der Waals surface area contributed by atoms with Crippen LogP contribution in [-0.2, 0) is 0 Å². The number of benzene rings is 1. The number of fused-ring (bicyclic) bond motifs is 1. The van der Waals surface area contributed by atoms with E-state index < -0.39 is 17.5 Å². The van der Waals surface area contributed by atoms with E-state index in [-0.39, 0.29) is 5.69 Å². The van der Waals surface area contributed by atoms with Crippen LogP contribution < -0.4 is 16.0 Å². The van der Waals surface area contributed by atoms with Crippen LogP contribution in [0.5, 0.6) is 0 Å². The lowest BCUT2D eigenvalue weighted by Gasteiger charge is -2.15. The number of aryl methyl sites for hydroxylation is 2. The highest BCUT2D eigenvalue weighted by Crippen LogP contribution is 2.32. The molecule has 2 amide bonds. The Morgan fingerprint density at radius 1 is 1.12 bits per heavy atom. The number of aromatic nitrogens is 2. The Morgan fingerprint density at radius 2 is 1.88 bits per heavy atom. The average Bonchev–Trinajstić information content (AvgIpc) is 2.72. The molecule has 0 saturated heterocycles. The summed E-state index contributed by atoms with van der Waals surface area (Å²) in [4.78, 5) is 21.2. The van der Waals surface area contributed by atoms with Gasteiger partial charge in [0.2, 0.25) is 0 Å². The smallest absolute Gasteiger partial charge is 0.319 e. The first kappa shape index (κ1) is 23.4. The molecule has 0 radical (unpaired) electrons. The molecular weight excluding hydrogens is 412 g/mol. The van der Waals surface area contributed by atoms with E-state index >= 15 is 0 Å². The normalized spacial score (nSPS) is 11.5. The van der Waals surface area contributed by atoms with E-state index in [1.165, 1.54) is 19.9 Å². The second kappa shape index (κ2) is 9.46. The molecule has 3 aromatic rings. The van der Waals surface area contributed by atoms with Gasteiger partial charge in [0, 0.05) is 42.5 Å². The van der Waals surface area contributed by atoms with Crippen molar-refractivity contribution in [3.8, 4) is 11.1 Å². The van der Waals surface area contributed by atoms with Gasteiger partial charge in [0.05, 0.1) is 11.2 Å². The third kappa shape index (κ3) is 5.69. The van der Waals surface area contributed by atoms with Crippen LogP contribution in [0.25, 0.3) is 22.0 Å². The minimum absolute atomic E-state index is 0.0667. The molecular formula is C24H29F2N5O. The van der Waals surface area contributed by atoms with Crippen molar-refractivity contribution in [2.75, 3.05) is 24.2 Å². The Bertz CT molecular complexity index is 1140. The Morgan fingerprint density at radius 3 is 2.56 bits per heavy atom. The van der Waals surface area contributed by atoms with Gasteiger partial charge in [0.15, 0.2) is 0 Å². The number of halogens is 2. The molecule has 0 bridgehead atoms. The zero-order valence-corrected chi connectivity index (χ0v) is 19.1. The molecule has 3 rings (SSSR count). The first-order valence-electron chi connectivity index (χ1n) is 10.6. The number of hydrogen-bond acceptors (Lipinski definition) is 4. The van der Waals surface area contributed by atoms with Gasteiger partial charge >= 0.3 is 6.03 Å². The topological polar surface area (TPSA) is 78.9 Å². The minimum atomic E-state index is -1.29. The van der Waals surface area contributed by atoms with Crippen LogP contribution in [0.3, 0.4) is 0 Å². The largest absolute Gasteiger partial charge is 0.373 e. The van der Waals surface area contributed by atoms with Crippen molar-refractivity contribution in [1.29, 1.82) is 0 Å². The van der Waals surface area contributed by atoms with Crippen molar-refractivity contribution in [2.24, 2.45) is 0 Å². The monoisotopic (exact) mass is 441 g/mol. The number of carbonyl (C=O) groups is 1. The fourth-order valence-corrected chi connectivity index (χ4v) is 3.51. The molecule has 0 aliphatic heterocycles. The van der Waals surface area contributed by atoms with E-state index in [0.29, 0.717) is 19.4 Å². The van der Waals surface area contributed by atoms with E-state index in [2.05, 4.69) is 25.9 Å². The van der Waals surface area contributed by atoms with Gasteiger partial charge in [0.1, 0.15) is 17.3 Å². The summed E-state index contributed by atoms with van der Waals surface area (Å²) < 4.78 is 28.1. The maximum absolute atomic E-state index is 14.6. The van der Waals surface area contributed by atoms with E-state index in [1.54, 1.807) is 19.3 Å². The maximum Gasteiger partial charge on any atom is 0.319 e. The van der Waals surface area contributed by atoms with Crippen LogP contribution in [0.15, 0.2) is 30.5 Å². The highest BCUT2D eigenvalue weighted by atomic mass is 19.1. The fraction of sp³-hybridized carbons (Fsp3) is 0.375. The summed E-state index contributed by atoms with van der Waals surface area (Å²) in [5, 5.41) is 9.05. The SMILES string of the molecule is CNc1cc2nc(C)c(-c3cc(NC(=O)NCCCC(C)(C)F)c(F)cc3C)cc2cn1. The summed E-state index contributed by atoms with van der Waals surface area (Å²) >= 11 is 0. The number of alkyl halides is 1. The summed E-state index contributed by atoms with van der Waals surface area (Å²) in [5.74, 6) is 0.195. The van der Waals surface area contributed by atoms with Crippen molar-refractivity contribution in [3.05, 3.63) is 47.5 Å². The van der Waals surface area contributed by atoms with E-state index in [0.717, 1.165) is 39.1 Å². The lowest BCUT2D eigenvalue weighted by Crippen LogP contribution is -2.30. The van der Waals surface area contributed by atoms with Gasteiger partial charge in [-0.15, -0.1) is 0 Å². The second-order valence-corrected chi connectivity index (χ2v) is 8.48. The number of pyridine rings is 2. The number of nitrogens with one attached hydrogen (secondary N) is 3. The molecule has 6 nitrogen and oxygen atoms in total. The predicted molar refractivity (Wildman–Crippen MR) is 125 cm³/mol. The van der Waals surface area contributed by atoms with Gasteiger partial charge in [-0.05, 0) is 69.9 Å². The Hall–Kier alpha value is -3.29. The molecule has 170 valence electrons. The number of urea groups is 1. The van der Waals surface area contributed by atoms with E-state index in [1.807, 2.05) is 26.0 Å². The zero-order chi connectivity index (χ0) is 23.5. The highest BCUT2D eigenvalue weighted by molar-refractivity contribution is 5.92. The lowest BCUT2D eigenvalue weighted by molar-refractivity contribution is 0.196. The van der Waals surface area contributed by atoms with Gasteiger partial charge in [0.25, 0.3) is 0 Å². The van der Waals surface area contributed by atoms with Gasteiger partial charge in [-0.1, -0.05) is 0 Å². The molecule has 2 heterocycles. The van der Waals surface area contributed by atoms with Crippen molar-refractivity contribution >= 4 is 28.4 Å². The highest BCUT2D eigenvalue weighted by Gasteiger charge is 2.16. The molecule has 8 heteroatoms.